The van der Waals surface area contributed by atoms with E-state index in [-0.39, 0.29) is 25.0 Å². The van der Waals surface area contributed by atoms with E-state index in [1.165, 1.54) is 12.8 Å². The Morgan fingerprint density at radius 2 is 1.58 bits per heavy atom. The van der Waals surface area contributed by atoms with Crippen LogP contribution in [-0.2, 0) is 0 Å². The van der Waals surface area contributed by atoms with Gasteiger partial charge in [0.2, 0.25) is 0 Å². The lowest BCUT2D eigenvalue weighted by Gasteiger charge is -2.42. The summed E-state index contributed by atoms with van der Waals surface area (Å²) < 4.78 is 38.6. The number of likely N-dealkylation sites (tertiary alicyclic amines) is 1. The smallest absolute Gasteiger partial charge is 0.326 e. The minimum absolute atomic E-state index is 0.0484. The molecule has 0 aromatic heterocycles. The van der Waals surface area contributed by atoms with Crippen molar-refractivity contribution in [1.82, 2.24) is 4.90 Å². The molecule has 0 radical (unpaired) electrons. The Balaban J connectivity index is 1.98. The molecule has 19 heavy (non-hydrogen) atoms. The van der Waals surface area contributed by atoms with Gasteiger partial charge in [-0.05, 0) is 32.2 Å². The van der Waals surface area contributed by atoms with Gasteiger partial charge in [0.25, 0.3) is 0 Å². The highest BCUT2D eigenvalue weighted by atomic mass is 19.4. The van der Waals surface area contributed by atoms with Gasteiger partial charge >= 0.3 is 6.18 Å². The third kappa shape index (κ3) is 4.09. The predicted molar refractivity (Wildman–Crippen MR) is 69.8 cm³/mol. The monoisotopic (exact) mass is 278 g/mol. The molecule has 0 spiro atoms. The van der Waals surface area contributed by atoms with Gasteiger partial charge in [0, 0.05) is 18.6 Å². The van der Waals surface area contributed by atoms with E-state index in [0.29, 0.717) is 6.42 Å². The van der Waals surface area contributed by atoms with E-state index in [0.717, 1.165) is 32.2 Å². The van der Waals surface area contributed by atoms with E-state index >= 15 is 0 Å². The van der Waals surface area contributed by atoms with Crippen LogP contribution in [0.5, 0.6) is 0 Å². The van der Waals surface area contributed by atoms with Crippen molar-refractivity contribution >= 4 is 0 Å². The Morgan fingerprint density at radius 3 is 2.26 bits per heavy atom. The van der Waals surface area contributed by atoms with E-state index in [9.17, 15) is 13.2 Å². The molecule has 2 N–H and O–H groups in total. The van der Waals surface area contributed by atoms with Gasteiger partial charge in [0.05, 0.1) is 5.92 Å². The fraction of sp³-hybridized carbons (Fsp3) is 1.00. The van der Waals surface area contributed by atoms with Crippen LogP contribution in [0.3, 0.4) is 0 Å². The lowest BCUT2D eigenvalue weighted by Crippen LogP contribution is -2.53. The van der Waals surface area contributed by atoms with Crippen molar-refractivity contribution in [3.05, 3.63) is 0 Å². The fourth-order valence-electron chi connectivity index (χ4n) is 3.52. The molecule has 1 saturated heterocycles. The normalized spacial score (nSPS) is 35.7. The van der Waals surface area contributed by atoms with Crippen molar-refractivity contribution < 1.29 is 13.2 Å². The Kier molecular flexibility index (Phi) is 5.12. The maximum atomic E-state index is 12.9. The molecule has 1 heterocycles. The van der Waals surface area contributed by atoms with E-state index in [1.54, 1.807) is 0 Å². The summed E-state index contributed by atoms with van der Waals surface area (Å²) in [5, 5.41) is 0. The number of nitrogens with two attached hydrogens (primary N) is 1. The molecule has 2 fully saturated rings. The summed E-state index contributed by atoms with van der Waals surface area (Å²) in [4.78, 5) is 2.03. The van der Waals surface area contributed by atoms with Crippen molar-refractivity contribution in [2.24, 2.45) is 11.7 Å². The Morgan fingerprint density at radius 1 is 0.895 bits per heavy atom. The number of rotatable bonds is 1. The third-order valence-electron chi connectivity index (χ3n) is 4.67. The average molecular weight is 278 g/mol. The van der Waals surface area contributed by atoms with Crippen LogP contribution < -0.4 is 5.73 Å². The fourth-order valence-corrected chi connectivity index (χ4v) is 3.52. The van der Waals surface area contributed by atoms with Crippen LogP contribution in [0, 0.1) is 5.92 Å². The highest BCUT2D eigenvalue weighted by Gasteiger charge is 2.43. The molecule has 5 heteroatoms. The molecular weight excluding hydrogens is 253 g/mol. The average Bonchev–Trinajstić information content (AvgIpc) is 2.33. The van der Waals surface area contributed by atoms with Crippen molar-refractivity contribution in [3.63, 3.8) is 0 Å². The number of hydrogen-bond donors (Lipinski definition) is 1. The van der Waals surface area contributed by atoms with Gasteiger partial charge in [-0.3, -0.25) is 4.90 Å². The van der Waals surface area contributed by atoms with Crippen molar-refractivity contribution in [1.29, 1.82) is 0 Å². The molecule has 2 aliphatic rings. The molecule has 3 unspecified atom stereocenters. The van der Waals surface area contributed by atoms with Crippen LogP contribution in [-0.4, -0.2) is 36.2 Å². The van der Waals surface area contributed by atoms with Gasteiger partial charge in [-0.25, -0.2) is 0 Å². The molecule has 1 aliphatic heterocycles. The topological polar surface area (TPSA) is 29.3 Å². The van der Waals surface area contributed by atoms with Gasteiger partial charge in [-0.1, -0.05) is 25.7 Å². The summed E-state index contributed by atoms with van der Waals surface area (Å²) in [6.45, 7) is 0.937. The molecule has 2 nitrogen and oxygen atoms in total. The van der Waals surface area contributed by atoms with E-state index in [1.807, 2.05) is 4.90 Å². The molecule has 1 aliphatic carbocycles. The van der Waals surface area contributed by atoms with Gasteiger partial charge in [0.1, 0.15) is 0 Å². The van der Waals surface area contributed by atoms with Gasteiger partial charge in [0.15, 0.2) is 0 Å². The minimum atomic E-state index is -4.05. The Bertz CT molecular complexity index is 280. The minimum Gasteiger partial charge on any atom is -0.326 e. The molecular formula is C14H25F3N2. The quantitative estimate of drug-likeness (QED) is 0.797. The largest absolute Gasteiger partial charge is 0.393 e. The molecule has 0 aromatic carbocycles. The van der Waals surface area contributed by atoms with E-state index < -0.39 is 12.1 Å². The maximum absolute atomic E-state index is 12.9. The zero-order valence-corrected chi connectivity index (χ0v) is 11.5. The molecule has 3 atom stereocenters. The van der Waals surface area contributed by atoms with E-state index in [4.69, 9.17) is 5.73 Å². The SMILES string of the molecule is NC1CCCCCCC1N1CCCC(C(F)(F)F)C1. The van der Waals surface area contributed by atoms with Crippen LogP contribution in [0.1, 0.15) is 51.4 Å². The van der Waals surface area contributed by atoms with Crippen molar-refractivity contribution in [3.8, 4) is 0 Å². The summed E-state index contributed by atoms with van der Waals surface area (Å²) in [6, 6.07) is 0.206. The zero-order chi connectivity index (χ0) is 13.9. The second kappa shape index (κ2) is 6.44. The molecule has 0 aromatic rings. The van der Waals surface area contributed by atoms with Gasteiger partial charge in [-0.15, -0.1) is 0 Å². The van der Waals surface area contributed by atoms with Crippen molar-refractivity contribution in [2.45, 2.75) is 69.6 Å². The highest BCUT2D eigenvalue weighted by Crippen LogP contribution is 2.35. The van der Waals surface area contributed by atoms with Crippen LogP contribution in [0.4, 0.5) is 13.2 Å². The lowest BCUT2D eigenvalue weighted by atomic mass is 9.88. The van der Waals surface area contributed by atoms with Crippen molar-refractivity contribution in [2.75, 3.05) is 13.1 Å². The standard InChI is InChI=1S/C14H25F3N2/c15-14(16,17)11-6-5-9-19(10-11)13-8-4-2-1-3-7-12(13)18/h11-13H,1-10,18H2. The number of hydrogen-bond acceptors (Lipinski definition) is 2. The number of alkyl halides is 3. The Hall–Kier alpha value is -0.290. The summed E-state index contributed by atoms with van der Waals surface area (Å²) in [5.74, 6) is -1.15. The van der Waals surface area contributed by atoms with E-state index in [2.05, 4.69) is 0 Å². The second-order valence-electron chi connectivity index (χ2n) is 6.10. The maximum Gasteiger partial charge on any atom is 0.393 e. The van der Waals surface area contributed by atoms with Crippen LogP contribution in [0.2, 0.25) is 0 Å². The number of nitrogens with zero attached hydrogens (tertiary/aromatic N) is 1. The summed E-state index contributed by atoms with van der Waals surface area (Å²) in [7, 11) is 0. The molecule has 0 bridgehead atoms. The first-order valence-electron chi connectivity index (χ1n) is 7.55. The Labute approximate surface area is 113 Å². The summed E-state index contributed by atoms with van der Waals surface area (Å²) in [5.41, 5.74) is 6.21. The van der Waals surface area contributed by atoms with Crippen LogP contribution >= 0.6 is 0 Å². The first-order chi connectivity index (χ1) is 8.98. The van der Waals surface area contributed by atoms with Gasteiger partial charge < -0.3 is 5.73 Å². The first kappa shape index (κ1) is 15.1. The van der Waals surface area contributed by atoms with Crippen LogP contribution in [0.15, 0.2) is 0 Å². The highest BCUT2D eigenvalue weighted by molar-refractivity contribution is 4.88. The predicted octanol–water partition coefficient (Wildman–Crippen LogP) is 3.31. The molecule has 112 valence electrons. The molecule has 2 rings (SSSR count). The first-order valence-corrected chi connectivity index (χ1v) is 7.55. The number of piperidine rings is 1. The third-order valence-corrected chi connectivity index (χ3v) is 4.67. The zero-order valence-electron chi connectivity index (χ0n) is 11.5. The lowest BCUT2D eigenvalue weighted by molar-refractivity contribution is -0.189. The number of halogens is 3. The molecule has 0 amide bonds. The summed E-state index contributed by atoms with van der Waals surface area (Å²) >= 11 is 0. The second-order valence-corrected chi connectivity index (χ2v) is 6.10. The van der Waals surface area contributed by atoms with Gasteiger partial charge in [-0.2, -0.15) is 13.2 Å². The molecule has 1 saturated carbocycles. The summed E-state index contributed by atoms with van der Waals surface area (Å²) in [6.07, 6.45) is 3.43. The van der Waals surface area contributed by atoms with Crippen LogP contribution in [0.25, 0.3) is 0 Å².